The molecular weight excluding hydrogens is 308 g/mol. The van der Waals surface area contributed by atoms with Crippen molar-refractivity contribution < 1.29 is 14.8 Å². The van der Waals surface area contributed by atoms with Crippen molar-refractivity contribution >= 4 is 22.7 Å². The first-order chi connectivity index (χ1) is 10.9. The van der Waals surface area contributed by atoms with Crippen LogP contribution in [0.1, 0.15) is 5.56 Å². The highest BCUT2D eigenvalue weighted by atomic mass is 16.6. The van der Waals surface area contributed by atoms with Gasteiger partial charge in [-0.2, -0.15) is 0 Å². The van der Waals surface area contributed by atoms with E-state index in [1.54, 1.807) is 30.3 Å². The molecule has 118 valence electrons. The molecule has 0 aromatic heterocycles. The highest BCUT2D eigenvalue weighted by Gasteiger charge is 2.30. The fraction of sp³-hybridized carbons (Fsp3) is 0.0769. The lowest BCUT2D eigenvalue weighted by atomic mass is 10.1. The minimum atomic E-state index is -0.916. The van der Waals surface area contributed by atoms with Crippen LogP contribution >= 0.6 is 0 Å². The number of benzene rings is 2. The highest BCUT2D eigenvalue weighted by Crippen LogP contribution is 2.38. The Bertz CT molecular complexity index is 742. The molecule has 0 saturated heterocycles. The van der Waals surface area contributed by atoms with Gasteiger partial charge < -0.3 is 5.32 Å². The van der Waals surface area contributed by atoms with Crippen molar-refractivity contribution in [2.75, 3.05) is 5.32 Å². The molecule has 0 heterocycles. The molecule has 1 N–H and O–H groups in total. The maximum atomic E-state index is 11.1. The summed E-state index contributed by atoms with van der Waals surface area (Å²) in [5, 5.41) is 35.6. The smallest absolute Gasteiger partial charge is 0.306 e. The van der Waals surface area contributed by atoms with Gasteiger partial charge in [-0.1, -0.05) is 30.3 Å². The quantitative estimate of drug-likeness (QED) is 0.637. The third-order valence-electron chi connectivity index (χ3n) is 3.00. The molecule has 0 unspecified atom stereocenters. The van der Waals surface area contributed by atoms with Crippen LogP contribution in [-0.4, -0.2) is 14.8 Å². The fourth-order valence-corrected chi connectivity index (χ4v) is 1.96. The van der Waals surface area contributed by atoms with Gasteiger partial charge in [0.05, 0.1) is 26.9 Å². The Hall–Kier alpha value is -3.56. The van der Waals surface area contributed by atoms with Crippen LogP contribution in [0.3, 0.4) is 0 Å². The first-order valence-electron chi connectivity index (χ1n) is 6.29. The molecule has 0 bridgehead atoms. The van der Waals surface area contributed by atoms with Gasteiger partial charge in [0, 0.05) is 6.54 Å². The number of anilines is 1. The Morgan fingerprint density at radius 2 is 1.35 bits per heavy atom. The van der Waals surface area contributed by atoms with Gasteiger partial charge in [0.25, 0.3) is 5.69 Å². The van der Waals surface area contributed by atoms with Crippen LogP contribution in [-0.2, 0) is 6.54 Å². The molecule has 10 nitrogen and oxygen atoms in total. The minimum Gasteiger partial charge on any atom is -0.370 e. The molecule has 0 aliphatic heterocycles. The second-order valence-corrected chi connectivity index (χ2v) is 4.47. The van der Waals surface area contributed by atoms with E-state index in [-0.39, 0.29) is 12.2 Å². The van der Waals surface area contributed by atoms with Crippen molar-refractivity contribution in [3.8, 4) is 0 Å². The number of nitrogens with one attached hydrogen (secondary N) is 1. The predicted molar refractivity (Wildman–Crippen MR) is 80.2 cm³/mol. The van der Waals surface area contributed by atoms with Crippen molar-refractivity contribution in [3.63, 3.8) is 0 Å². The molecule has 0 amide bonds. The van der Waals surface area contributed by atoms with E-state index in [0.29, 0.717) is 12.1 Å². The topological polar surface area (TPSA) is 141 Å². The molecule has 0 aliphatic carbocycles. The highest BCUT2D eigenvalue weighted by molar-refractivity contribution is 5.77. The lowest BCUT2D eigenvalue weighted by Crippen LogP contribution is -2.06. The summed E-state index contributed by atoms with van der Waals surface area (Å²) in [4.78, 5) is 30.3. The zero-order valence-corrected chi connectivity index (χ0v) is 11.5. The van der Waals surface area contributed by atoms with E-state index in [2.05, 4.69) is 5.32 Å². The summed E-state index contributed by atoms with van der Waals surface area (Å²) in [6, 6.07) is 10.1. The Labute approximate surface area is 128 Å². The monoisotopic (exact) mass is 318 g/mol. The molecule has 0 atom stereocenters. The first kappa shape index (κ1) is 15.8. The molecule has 2 aromatic rings. The van der Waals surface area contributed by atoms with Crippen molar-refractivity contribution in [2.24, 2.45) is 0 Å². The van der Waals surface area contributed by atoms with Gasteiger partial charge in [-0.15, -0.1) is 0 Å². The Morgan fingerprint density at radius 3 is 1.78 bits per heavy atom. The molecule has 10 heteroatoms. The Morgan fingerprint density at radius 1 is 0.826 bits per heavy atom. The van der Waals surface area contributed by atoms with E-state index in [0.717, 1.165) is 5.56 Å². The number of hydrogen-bond acceptors (Lipinski definition) is 7. The van der Waals surface area contributed by atoms with Crippen LogP contribution in [0.2, 0.25) is 0 Å². The van der Waals surface area contributed by atoms with Crippen molar-refractivity contribution in [3.05, 3.63) is 78.4 Å². The summed E-state index contributed by atoms with van der Waals surface area (Å²) < 4.78 is 0. The lowest BCUT2D eigenvalue weighted by molar-refractivity contribution is -0.401. The third-order valence-corrected chi connectivity index (χ3v) is 3.00. The molecule has 0 saturated carbocycles. The number of hydrogen-bond donors (Lipinski definition) is 1. The molecule has 23 heavy (non-hydrogen) atoms. The number of nitro benzene ring substituents is 3. The maximum Gasteiger partial charge on any atom is 0.306 e. The number of nitrogens with zero attached hydrogens (tertiary/aromatic N) is 3. The lowest BCUT2D eigenvalue weighted by Gasteiger charge is -2.08. The van der Waals surface area contributed by atoms with Gasteiger partial charge in [-0.3, -0.25) is 30.3 Å². The van der Waals surface area contributed by atoms with Crippen molar-refractivity contribution in [2.45, 2.75) is 6.54 Å². The van der Waals surface area contributed by atoms with E-state index in [1.807, 2.05) is 0 Å². The summed E-state index contributed by atoms with van der Waals surface area (Å²) in [7, 11) is 0. The predicted octanol–water partition coefficient (Wildman–Crippen LogP) is 3.02. The van der Waals surface area contributed by atoms with Gasteiger partial charge in [0.1, 0.15) is 0 Å². The molecule has 0 radical (unpaired) electrons. The number of rotatable bonds is 6. The molecule has 0 aliphatic rings. The maximum absolute atomic E-state index is 11.1. The molecule has 2 aromatic carbocycles. The SMILES string of the molecule is O=[N+]([O-])c1cc([N+](=O)[O-])c(NCc2ccccc2)c([N+](=O)[O-])c1. The average molecular weight is 318 g/mol. The van der Waals surface area contributed by atoms with Gasteiger partial charge in [0.15, 0.2) is 5.69 Å². The standard InChI is InChI=1S/C13H10N4O6/c18-15(19)10-6-11(16(20)21)13(12(7-10)17(22)23)14-8-9-4-2-1-3-5-9/h1-7,14H,8H2. The van der Waals surface area contributed by atoms with E-state index in [9.17, 15) is 30.3 Å². The van der Waals surface area contributed by atoms with Crippen molar-refractivity contribution in [1.29, 1.82) is 0 Å². The minimum absolute atomic E-state index is 0.0976. The van der Waals surface area contributed by atoms with E-state index in [4.69, 9.17) is 0 Å². The van der Waals surface area contributed by atoms with E-state index in [1.165, 1.54) is 0 Å². The van der Waals surface area contributed by atoms with Crippen LogP contribution in [0.15, 0.2) is 42.5 Å². The van der Waals surface area contributed by atoms with Gasteiger partial charge in [-0.25, -0.2) is 0 Å². The molecule has 0 spiro atoms. The summed E-state index contributed by atoms with van der Waals surface area (Å²) in [6.07, 6.45) is 0. The number of nitro groups is 3. The normalized spacial score (nSPS) is 10.1. The van der Waals surface area contributed by atoms with Gasteiger partial charge in [0.2, 0.25) is 0 Å². The third kappa shape index (κ3) is 3.56. The Balaban J connectivity index is 2.48. The largest absolute Gasteiger partial charge is 0.370 e. The first-order valence-corrected chi connectivity index (χ1v) is 6.29. The van der Waals surface area contributed by atoms with E-state index >= 15 is 0 Å². The van der Waals surface area contributed by atoms with Crippen LogP contribution in [0.4, 0.5) is 22.7 Å². The van der Waals surface area contributed by atoms with Crippen molar-refractivity contribution in [1.82, 2.24) is 0 Å². The second kappa shape index (κ2) is 6.47. The fourth-order valence-electron chi connectivity index (χ4n) is 1.96. The number of non-ortho nitro benzene ring substituents is 1. The van der Waals surface area contributed by atoms with Crippen LogP contribution in [0.5, 0.6) is 0 Å². The Kier molecular flexibility index (Phi) is 4.45. The second-order valence-electron chi connectivity index (χ2n) is 4.47. The van der Waals surface area contributed by atoms with Crippen LogP contribution < -0.4 is 5.32 Å². The summed E-state index contributed by atoms with van der Waals surface area (Å²) >= 11 is 0. The molecule has 2 rings (SSSR count). The molecular formula is C13H10N4O6. The zero-order chi connectivity index (χ0) is 17.0. The van der Waals surface area contributed by atoms with Crippen LogP contribution in [0.25, 0.3) is 0 Å². The van der Waals surface area contributed by atoms with Gasteiger partial charge >= 0.3 is 11.4 Å². The van der Waals surface area contributed by atoms with Crippen LogP contribution in [0, 0.1) is 30.3 Å². The summed E-state index contributed by atoms with van der Waals surface area (Å²) in [5.74, 6) is 0. The van der Waals surface area contributed by atoms with Gasteiger partial charge in [-0.05, 0) is 5.56 Å². The summed E-state index contributed by atoms with van der Waals surface area (Å²) in [5.41, 5.74) is -1.78. The zero-order valence-electron chi connectivity index (χ0n) is 11.5. The summed E-state index contributed by atoms with van der Waals surface area (Å²) in [6.45, 7) is 0.0976. The van der Waals surface area contributed by atoms with E-state index < -0.39 is 31.8 Å². The average Bonchev–Trinajstić information content (AvgIpc) is 2.52. The molecule has 0 fully saturated rings.